The van der Waals surface area contributed by atoms with Crippen molar-refractivity contribution < 1.29 is 9.53 Å². The lowest BCUT2D eigenvalue weighted by molar-refractivity contribution is -0.124. The number of aromatic nitrogens is 2. The molecule has 3 aromatic rings. The Balaban J connectivity index is 1.53. The van der Waals surface area contributed by atoms with Gasteiger partial charge in [0.15, 0.2) is 0 Å². The number of pyridine rings is 2. The Labute approximate surface area is 189 Å². The monoisotopic (exact) mass is 436 g/mol. The second kappa shape index (κ2) is 11.4. The normalized spacial score (nSPS) is 11.3. The van der Waals surface area contributed by atoms with Gasteiger partial charge >= 0.3 is 0 Å². The van der Waals surface area contributed by atoms with Gasteiger partial charge in [-0.1, -0.05) is 13.8 Å². The van der Waals surface area contributed by atoms with E-state index in [0.29, 0.717) is 13.2 Å². The molecule has 170 valence electrons. The van der Waals surface area contributed by atoms with Crippen molar-refractivity contribution in [1.82, 2.24) is 19.8 Å². The van der Waals surface area contributed by atoms with Gasteiger partial charge in [0, 0.05) is 63.0 Å². The molecule has 7 nitrogen and oxygen atoms in total. The Kier molecular flexibility index (Phi) is 8.39. The molecule has 1 N–H and O–H groups in total. The van der Waals surface area contributed by atoms with Crippen LogP contribution in [0.5, 0.6) is 5.75 Å². The molecule has 0 aliphatic carbocycles. The van der Waals surface area contributed by atoms with E-state index in [-0.39, 0.29) is 17.4 Å². The van der Waals surface area contributed by atoms with E-state index in [9.17, 15) is 9.59 Å². The zero-order valence-corrected chi connectivity index (χ0v) is 19.1. The third-order valence-corrected chi connectivity index (χ3v) is 5.39. The summed E-state index contributed by atoms with van der Waals surface area (Å²) in [5, 5.41) is 3.97. The van der Waals surface area contributed by atoms with Crippen LogP contribution in [0, 0.1) is 5.92 Å². The zero-order chi connectivity index (χ0) is 22.9. The standard InChI is InChI=1S/C25H32N4O3/c1-19(2)25(31)27-13-15-29(18-20-9-11-26-12-10-20)14-4-16-32-22-6-7-23-21(17-22)5-8-24(30)28(23)3/h5-12,17,19H,4,13-16,18H2,1-3H3,(H,27,31). The summed E-state index contributed by atoms with van der Waals surface area (Å²) in [7, 11) is 1.77. The predicted molar refractivity (Wildman–Crippen MR) is 127 cm³/mol. The fraction of sp³-hybridized carbons (Fsp3) is 0.400. The van der Waals surface area contributed by atoms with E-state index < -0.39 is 0 Å². The zero-order valence-electron chi connectivity index (χ0n) is 19.1. The second-order valence-electron chi connectivity index (χ2n) is 8.23. The number of nitrogens with zero attached hydrogens (tertiary/aromatic N) is 3. The van der Waals surface area contributed by atoms with E-state index in [1.165, 1.54) is 5.56 Å². The molecule has 0 saturated heterocycles. The maximum atomic E-state index is 11.9. The molecule has 0 aliphatic rings. The van der Waals surface area contributed by atoms with E-state index in [0.717, 1.165) is 42.7 Å². The topological polar surface area (TPSA) is 76.5 Å². The molecule has 0 aliphatic heterocycles. The van der Waals surface area contributed by atoms with Gasteiger partial charge in [-0.25, -0.2) is 0 Å². The maximum absolute atomic E-state index is 11.9. The molecule has 0 fully saturated rings. The number of hydrogen-bond donors (Lipinski definition) is 1. The largest absolute Gasteiger partial charge is 0.494 e. The van der Waals surface area contributed by atoms with Crippen LogP contribution in [-0.4, -0.2) is 46.6 Å². The van der Waals surface area contributed by atoms with Gasteiger partial charge in [0.05, 0.1) is 12.1 Å². The van der Waals surface area contributed by atoms with Crippen LogP contribution in [-0.2, 0) is 18.4 Å². The summed E-state index contributed by atoms with van der Waals surface area (Å²) >= 11 is 0. The Hall–Kier alpha value is -3.19. The van der Waals surface area contributed by atoms with Crippen molar-refractivity contribution in [3.05, 3.63) is 70.8 Å². The maximum Gasteiger partial charge on any atom is 0.250 e. The Morgan fingerprint density at radius 1 is 1.12 bits per heavy atom. The van der Waals surface area contributed by atoms with Crippen molar-refractivity contribution in [3.8, 4) is 5.75 Å². The molecule has 2 aromatic heterocycles. The summed E-state index contributed by atoms with van der Waals surface area (Å²) in [6.45, 7) is 7.41. The predicted octanol–water partition coefficient (Wildman–Crippen LogP) is 2.98. The van der Waals surface area contributed by atoms with E-state index in [2.05, 4.69) is 15.2 Å². The summed E-state index contributed by atoms with van der Waals surface area (Å²) in [6.07, 6.45) is 4.45. The highest BCUT2D eigenvalue weighted by Crippen LogP contribution is 2.19. The molecule has 3 rings (SSSR count). The molecule has 1 aromatic carbocycles. The first kappa shape index (κ1) is 23.5. The van der Waals surface area contributed by atoms with Crippen LogP contribution >= 0.6 is 0 Å². The highest BCUT2D eigenvalue weighted by atomic mass is 16.5. The average Bonchev–Trinajstić information content (AvgIpc) is 2.79. The van der Waals surface area contributed by atoms with Crippen LogP contribution in [0.25, 0.3) is 10.9 Å². The quantitative estimate of drug-likeness (QED) is 0.468. The molecular formula is C25H32N4O3. The number of carbonyl (C=O) groups is 1. The minimum Gasteiger partial charge on any atom is -0.494 e. The van der Waals surface area contributed by atoms with Crippen molar-refractivity contribution in [2.75, 3.05) is 26.2 Å². The van der Waals surface area contributed by atoms with Crippen LogP contribution in [0.4, 0.5) is 0 Å². The van der Waals surface area contributed by atoms with Gasteiger partial charge in [-0.15, -0.1) is 0 Å². The average molecular weight is 437 g/mol. The molecule has 0 saturated carbocycles. The van der Waals surface area contributed by atoms with E-state index >= 15 is 0 Å². The Morgan fingerprint density at radius 2 is 1.91 bits per heavy atom. The van der Waals surface area contributed by atoms with Gasteiger partial charge < -0.3 is 14.6 Å². The minimum atomic E-state index is -0.0231. The highest BCUT2D eigenvalue weighted by Gasteiger charge is 2.10. The fourth-order valence-electron chi connectivity index (χ4n) is 3.49. The van der Waals surface area contributed by atoms with Gasteiger partial charge in [0.2, 0.25) is 5.91 Å². The number of rotatable bonds is 11. The number of aryl methyl sites for hydroxylation is 1. The molecule has 0 unspecified atom stereocenters. The van der Waals surface area contributed by atoms with Crippen molar-refractivity contribution >= 4 is 16.8 Å². The third kappa shape index (κ3) is 6.65. The SMILES string of the molecule is CC(C)C(=O)NCCN(CCCOc1ccc2c(ccc(=O)n2C)c1)Cc1ccncc1. The number of nitrogens with one attached hydrogen (secondary N) is 1. The third-order valence-electron chi connectivity index (χ3n) is 5.39. The molecule has 0 bridgehead atoms. The Bertz CT molecular complexity index is 1080. The lowest BCUT2D eigenvalue weighted by atomic mass is 10.2. The number of carbonyl (C=O) groups excluding carboxylic acids is 1. The molecule has 32 heavy (non-hydrogen) atoms. The summed E-state index contributed by atoms with van der Waals surface area (Å²) in [5.41, 5.74) is 2.05. The van der Waals surface area contributed by atoms with Crippen LogP contribution in [0.1, 0.15) is 25.8 Å². The molecule has 2 heterocycles. The summed E-state index contributed by atoms with van der Waals surface area (Å²) in [5.74, 6) is 0.855. The molecule has 7 heteroatoms. The molecule has 0 atom stereocenters. The van der Waals surface area contributed by atoms with Gasteiger partial charge in [-0.3, -0.25) is 19.5 Å². The molecule has 0 radical (unpaired) electrons. The van der Waals surface area contributed by atoms with Gasteiger partial charge in [0.1, 0.15) is 5.75 Å². The first-order valence-corrected chi connectivity index (χ1v) is 11.1. The summed E-state index contributed by atoms with van der Waals surface area (Å²) < 4.78 is 7.60. The Morgan fingerprint density at radius 3 is 2.66 bits per heavy atom. The minimum absolute atomic E-state index is 0.0126. The van der Waals surface area contributed by atoms with Gasteiger partial charge in [-0.05, 0) is 48.4 Å². The van der Waals surface area contributed by atoms with Gasteiger partial charge in [0.25, 0.3) is 5.56 Å². The lowest BCUT2D eigenvalue weighted by Gasteiger charge is -2.23. The first-order valence-electron chi connectivity index (χ1n) is 11.1. The van der Waals surface area contributed by atoms with E-state index in [4.69, 9.17) is 4.74 Å². The van der Waals surface area contributed by atoms with Crippen molar-refractivity contribution in [3.63, 3.8) is 0 Å². The van der Waals surface area contributed by atoms with E-state index in [1.807, 2.05) is 50.2 Å². The smallest absolute Gasteiger partial charge is 0.250 e. The molecule has 1 amide bonds. The molecular weight excluding hydrogens is 404 g/mol. The fourth-order valence-corrected chi connectivity index (χ4v) is 3.49. The lowest BCUT2D eigenvalue weighted by Crippen LogP contribution is -2.37. The molecule has 0 spiro atoms. The number of amides is 1. The van der Waals surface area contributed by atoms with Crippen molar-refractivity contribution in [2.45, 2.75) is 26.8 Å². The summed E-state index contributed by atoms with van der Waals surface area (Å²) in [4.78, 5) is 30.0. The van der Waals surface area contributed by atoms with E-state index in [1.54, 1.807) is 30.1 Å². The van der Waals surface area contributed by atoms with Crippen molar-refractivity contribution in [1.29, 1.82) is 0 Å². The van der Waals surface area contributed by atoms with Crippen molar-refractivity contribution in [2.24, 2.45) is 13.0 Å². The van der Waals surface area contributed by atoms with Crippen LogP contribution in [0.2, 0.25) is 0 Å². The second-order valence-corrected chi connectivity index (χ2v) is 8.23. The van der Waals surface area contributed by atoms with Gasteiger partial charge in [-0.2, -0.15) is 0 Å². The summed E-state index contributed by atoms with van der Waals surface area (Å²) in [6, 6.07) is 13.2. The number of ether oxygens (including phenoxy) is 1. The first-order chi connectivity index (χ1) is 15.4. The van der Waals surface area contributed by atoms with Crippen LogP contribution < -0.4 is 15.6 Å². The van der Waals surface area contributed by atoms with Crippen LogP contribution in [0.15, 0.2) is 59.7 Å². The highest BCUT2D eigenvalue weighted by molar-refractivity contribution is 5.80. The number of benzene rings is 1. The number of hydrogen-bond acceptors (Lipinski definition) is 5. The van der Waals surface area contributed by atoms with Crippen LogP contribution in [0.3, 0.4) is 0 Å². The number of fused-ring (bicyclic) bond motifs is 1.